The number of rotatable bonds is 5. The van der Waals surface area contributed by atoms with Crippen molar-refractivity contribution >= 4 is 17.7 Å². The maximum absolute atomic E-state index is 11.8. The number of carbonyl (C=O) groups excluding carboxylic acids is 2. The molecule has 1 amide bonds. The average molecular weight is 364 g/mol. The van der Waals surface area contributed by atoms with E-state index in [0.29, 0.717) is 17.2 Å². The Morgan fingerprint density at radius 1 is 1.19 bits per heavy atom. The molecule has 27 heavy (non-hydrogen) atoms. The summed E-state index contributed by atoms with van der Waals surface area (Å²) in [5.41, 5.74) is 9.11. The van der Waals surface area contributed by atoms with E-state index >= 15 is 0 Å². The van der Waals surface area contributed by atoms with Crippen LogP contribution in [0.5, 0.6) is 0 Å². The summed E-state index contributed by atoms with van der Waals surface area (Å²) in [5.74, 6) is -0.252. The van der Waals surface area contributed by atoms with Gasteiger partial charge in [-0.15, -0.1) is 4.99 Å². The molecule has 0 saturated heterocycles. The van der Waals surface area contributed by atoms with E-state index in [9.17, 15) is 14.8 Å². The molecule has 5 heteroatoms. The predicted molar refractivity (Wildman–Crippen MR) is 105 cm³/mol. The van der Waals surface area contributed by atoms with Crippen LogP contribution >= 0.6 is 0 Å². The number of benzene rings is 2. The highest BCUT2D eigenvalue weighted by atomic mass is 16.5. The molecular formula is C22H24N2O3. The summed E-state index contributed by atoms with van der Waals surface area (Å²) in [4.78, 5) is 25.4. The molecule has 140 valence electrons. The molecule has 0 bridgehead atoms. The zero-order valence-corrected chi connectivity index (χ0v) is 15.7. The van der Waals surface area contributed by atoms with E-state index in [1.165, 1.54) is 17.2 Å². The number of anilines is 1. The molecule has 5 nitrogen and oxygen atoms in total. The zero-order chi connectivity index (χ0) is 19.4. The van der Waals surface area contributed by atoms with Crippen LogP contribution in [-0.4, -0.2) is 17.2 Å². The van der Waals surface area contributed by atoms with Crippen LogP contribution < -0.4 is 5.48 Å². The summed E-state index contributed by atoms with van der Waals surface area (Å²) >= 11 is 0. The van der Waals surface area contributed by atoms with E-state index in [4.69, 9.17) is 0 Å². The quantitative estimate of drug-likeness (QED) is 0.452. The summed E-state index contributed by atoms with van der Waals surface area (Å²) in [7, 11) is 0. The summed E-state index contributed by atoms with van der Waals surface area (Å²) in [6.07, 6.45) is 5.65. The van der Waals surface area contributed by atoms with Gasteiger partial charge in [0, 0.05) is 0 Å². The molecule has 0 radical (unpaired) electrons. The highest BCUT2D eigenvalue weighted by molar-refractivity contribution is 5.86. The first-order valence-corrected chi connectivity index (χ1v) is 9.28. The van der Waals surface area contributed by atoms with Crippen molar-refractivity contribution in [1.82, 2.24) is 0 Å². The molecule has 1 fully saturated rings. The standard InChI is InChI=1S/C22H24N2O3/c1-14-9-15(2)11-18(10-14)19-8-7-17(12-20(26)23-13-25)22(24-27)21(19)16-5-3-4-6-16/h7-11,16,24,27H,3-6,12H2,1-2H3. The van der Waals surface area contributed by atoms with Crippen molar-refractivity contribution in [1.29, 1.82) is 0 Å². The van der Waals surface area contributed by atoms with Gasteiger partial charge in [0.05, 0.1) is 12.1 Å². The lowest BCUT2D eigenvalue weighted by atomic mass is 9.85. The van der Waals surface area contributed by atoms with Crippen molar-refractivity contribution in [3.05, 3.63) is 52.6 Å². The van der Waals surface area contributed by atoms with Crippen LogP contribution in [0, 0.1) is 13.8 Å². The van der Waals surface area contributed by atoms with Gasteiger partial charge in [0.2, 0.25) is 6.08 Å². The number of amides is 1. The van der Waals surface area contributed by atoms with Gasteiger partial charge in [-0.25, -0.2) is 4.79 Å². The second-order valence-electron chi connectivity index (χ2n) is 7.30. The number of nitrogens with zero attached hydrogens (tertiary/aromatic N) is 1. The van der Waals surface area contributed by atoms with E-state index in [1.807, 2.05) is 12.1 Å². The van der Waals surface area contributed by atoms with Crippen LogP contribution in [0.2, 0.25) is 0 Å². The Bertz CT molecular complexity index is 888. The first-order chi connectivity index (χ1) is 13.0. The van der Waals surface area contributed by atoms with Crippen LogP contribution in [0.3, 0.4) is 0 Å². The van der Waals surface area contributed by atoms with E-state index in [2.05, 4.69) is 42.5 Å². The van der Waals surface area contributed by atoms with Crippen LogP contribution in [0.15, 0.2) is 35.3 Å². The number of hydrogen-bond acceptors (Lipinski definition) is 4. The van der Waals surface area contributed by atoms with Crippen LogP contribution in [0.4, 0.5) is 5.69 Å². The molecule has 3 rings (SSSR count). The summed E-state index contributed by atoms with van der Waals surface area (Å²) < 4.78 is 0. The van der Waals surface area contributed by atoms with Crippen molar-refractivity contribution in [2.24, 2.45) is 4.99 Å². The Morgan fingerprint density at radius 2 is 1.85 bits per heavy atom. The van der Waals surface area contributed by atoms with Crippen molar-refractivity contribution in [3.8, 4) is 11.1 Å². The molecule has 0 unspecified atom stereocenters. The second kappa shape index (κ2) is 8.30. The lowest BCUT2D eigenvalue weighted by Crippen LogP contribution is -2.09. The lowest BCUT2D eigenvalue weighted by molar-refractivity contribution is -0.117. The third-order valence-electron chi connectivity index (χ3n) is 5.25. The summed E-state index contributed by atoms with van der Waals surface area (Å²) in [5, 5.41) is 9.91. The van der Waals surface area contributed by atoms with Gasteiger partial charge in [-0.2, -0.15) is 0 Å². The predicted octanol–water partition coefficient (Wildman–Crippen LogP) is 4.83. The highest BCUT2D eigenvalue weighted by Gasteiger charge is 2.26. The molecule has 2 aromatic rings. The SMILES string of the molecule is Cc1cc(C)cc(-c2ccc(CC(=O)N=C=O)c(NO)c2C2CCCC2)c1. The van der Waals surface area contributed by atoms with Gasteiger partial charge in [0.1, 0.15) is 0 Å². The Labute approximate surface area is 159 Å². The lowest BCUT2D eigenvalue weighted by Gasteiger charge is -2.22. The van der Waals surface area contributed by atoms with Crippen LogP contribution in [0.25, 0.3) is 11.1 Å². The summed E-state index contributed by atoms with van der Waals surface area (Å²) in [6.45, 7) is 4.14. The number of hydrogen-bond donors (Lipinski definition) is 2. The monoisotopic (exact) mass is 364 g/mol. The van der Waals surface area contributed by atoms with Crippen molar-refractivity contribution < 1.29 is 14.8 Å². The first kappa shape index (κ1) is 19.0. The highest BCUT2D eigenvalue weighted by Crippen LogP contribution is 2.44. The van der Waals surface area contributed by atoms with Crippen molar-refractivity contribution in [2.45, 2.75) is 51.9 Å². The van der Waals surface area contributed by atoms with Gasteiger partial charge in [0.15, 0.2) is 0 Å². The number of nitrogens with one attached hydrogen (secondary N) is 1. The fourth-order valence-corrected chi connectivity index (χ4v) is 4.22. The van der Waals surface area contributed by atoms with Crippen molar-refractivity contribution in [3.63, 3.8) is 0 Å². The van der Waals surface area contributed by atoms with Gasteiger partial charge >= 0.3 is 0 Å². The molecule has 0 atom stereocenters. The fraction of sp³-hybridized carbons (Fsp3) is 0.364. The smallest absolute Gasteiger partial charge is 0.260 e. The largest absolute Gasteiger partial charge is 0.291 e. The number of aryl methyl sites for hydroxylation is 2. The molecule has 1 aliphatic rings. The molecule has 0 aromatic heterocycles. The molecule has 2 aromatic carbocycles. The summed E-state index contributed by atoms with van der Waals surface area (Å²) in [6, 6.07) is 10.2. The maximum Gasteiger partial charge on any atom is 0.260 e. The third kappa shape index (κ3) is 4.16. The van der Waals surface area contributed by atoms with E-state index < -0.39 is 5.91 Å². The minimum atomic E-state index is -0.571. The Morgan fingerprint density at radius 3 is 2.44 bits per heavy atom. The van der Waals surface area contributed by atoms with Gasteiger partial charge in [-0.3, -0.25) is 15.5 Å². The van der Waals surface area contributed by atoms with E-state index in [0.717, 1.165) is 42.4 Å². The third-order valence-corrected chi connectivity index (χ3v) is 5.25. The number of carbonyl (C=O) groups is 1. The molecule has 1 aliphatic carbocycles. The molecule has 0 spiro atoms. The Balaban J connectivity index is 2.18. The van der Waals surface area contributed by atoms with E-state index in [1.54, 1.807) is 0 Å². The number of isocyanates is 1. The average Bonchev–Trinajstić information content (AvgIpc) is 3.14. The van der Waals surface area contributed by atoms with Gasteiger partial charge < -0.3 is 0 Å². The van der Waals surface area contributed by atoms with E-state index in [-0.39, 0.29) is 6.42 Å². The Kier molecular flexibility index (Phi) is 5.84. The molecule has 0 heterocycles. The molecular weight excluding hydrogens is 340 g/mol. The topological polar surface area (TPSA) is 78.8 Å². The zero-order valence-electron chi connectivity index (χ0n) is 15.7. The first-order valence-electron chi connectivity index (χ1n) is 9.28. The second-order valence-corrected chi connectivity index (χ2v) is 7.30. The minimum absolute atomic E-state index is 0.0506. The van der Waals surface area contributed by atoms with Gasteiger partial charge in [0.25, 0.3) is 5.91 Å². The molecule has 1 saturated carbocycles. The van der Waals surface area contributed by atoms with Crippen LogP contribution in [-0.2, 0) is 16.0 Å². The molecule has 0 aliphatic heterocycles. The Hall–Kier alpha value is -2.75. The van der Waals surface area contributed by atoms with Gasteiger partial charge in [-0.05, 0) is 54.9 Å². The fourth-order valence-electron chi connectivity index (χ4n) is 4.22. The van der Waals surface area contributed by atoms with Gasteiger partial charge in [-0.1, -0.05) is 54.3 Å². The number of aliphatic imine (C=N–C) groups is 1. The maximum atomic E-state index is 11.8. The minimum Gasteiger partial charge on any atom is -0.291 e. The normalized spacial score (nSPS) is 14.0. The van der Waals surface area contributed by atoms with Crippen molar-refractivity contribution in [2.75, 3.05) is 5.48 Å². The van der Waals surface area contributed by atoms with Crippen LogP contribution in [0.1, 0.15) is 53.9 Å². The molecule has 2 N–H and O–H groups in total.